The predicted octanol–water partition coefficient (Wildman–Crippen LogP) is 19.5. The Kier molecular flexibility index (Phi) is 55.1. The molecule has 0 saturated carbocycles. The maximum absolute atomic E-state index is 12.8. The van der Waals surface area contributed by atoms with Crippen molar-refractivity contribution >= 4 is 11.9 Å². The van der Waals surface area contributed by atoms with Crippen LogP contribution in [0.5, 0.6) is 0 Å². The molecule has 0 aromatic rings. The van der Waals surface area contributed by atoms with Crippen LogP contribution in [-0.4, -0.2) is 37.9 Å². The topological polar surface area (TPSA) is 61.8 Å². The van der Waals surface area contributed by atoms with E-state index in [0.29, 0.717) is 32.3 Å². The van der Waals surface area contributed by atoms with E-state index in [4.69, 9.17) is 14.2 Å². The minimum Gasteiger partial charge on any atom is -0.462 e. The number of carbonyl (C=O) groups excluding carboxylic acids is 2. The number of carbonyl (C=O) groups is 2. The Morgan fingerprint density at radius 2 is 0.643 bits per heavy atom. The third kappa shape index (κ3) is 56.1. The molecule has 1 unspecified atom stereocenters. The molecule has 0 aliphatic heterocycles. The molecule has 0 fully saturated rings. The van der Waals surface area contributed by atoms with Gasteiger partial charge < -0.3 is 14.2 Å². The lowest BCUT2D eigenvalue weighted by atomic mass is 10.1. The molecule has 0 rings (SSSR count). The summed E-state index contributed by atoms with van der Waals surface area (Å²) in [5, 5.41) is 0. The van der Waals surface area contributed by atoms with E-state index in [-0.39, 0.29) is 25.2 Å². The molecule has 392 valence electrons. The summed E-state index contributed by atoms with van der Waals surface area (Å²) in [4.78, 5) is 25.5. The first-order valence-electron chi connectivity index (χ1n) is 28.0. The second-order valence-electron chi connectivity index (χ2n) is 17.7. The molecule has 70 heavy (non-hydrogen) atoms. The quantitative estimate of drug-likeness (QED) is 0.0345. The SMILES string of the molecule is CC/C=C\C/C=C\C/C=C\C/C=C\C/C=C\CCCC(=O)OCC(COCCCCCCCCC/C=C\C/C=C\C/C=C\CCCCC)OC(=O)CCC/C=C\C/C=C\C/C=C\C/C=C\C/C=C\CC. The zero-order valence-electron chi connectivity index (χ0n) is 45.0. The maximum Gasteiger partial charge on any atom is 0.306 e. The Balaban J connectivity index is 4.51. The van der Waals surface area contributed by atoms with E-state index in [9.17, 15) is 9.59 Å². The van der Waals surface area contributed by atoms with Gasteiger partial charge in [0.05, 0.1) is 6.61 Å². The Morgan fingerprint density at radius 1 is 0.329 bits per heavy atom. The maximum atomic E-state index is 12.8. The lowest BCUT2D eigenvalue weighted by Crippen LogP contribution is -2.30. The molecule has 0 saturated heterocycles. The highest BCUT2D eigenvalue weighted by Gasteiger charge is 2.17. The number of ether oxygens (including phenoxy) is 3. The Hall–Kier alpha value is -4.48. The van der Waals surface area contributed by atoms with Gasteiger partial charge in [0, 0.05) is 19.4 Å². The summed E-state index contributed by atoms with van der Waals surface area (Å²) >= 11 is 0. The second-order valence-corrected chi connectivity index (χ2v) is 17.7. The minimum atomic E-state index is -0.608. The van der Waals surface area contributed by atoms with E-state index in [0.717, 1.165) is 109 Å². The third-order valence-corrected chi connectivity index (χ3v) is 11.0. The van der Waals surface area contributed by atoms with Crippen molar-refractivity contribution in [3.8, 4) is 0 Å². The van der Waals surface area contributed by atoms with E-state index >= 15 is 0 Å². The highest BCUT2D eigenvalue weighted by Crippen LogP contribution is 2.11. The van der Waals surface area contributed by atoms with E-state index in [1.54, 1.807) is 0 Å². The van der Waals surface area contributed by atoms with Crippen molar-refractivity contribution in [3.05, 3.63) is 158 Å². The first-order valence-corrected chi connectivity index (χ1v) is 28.0. The van der Waals surface area contributed by atoms with Gasteiger partial charge in [0.2, 0.25) is 0 Å². The molecule has 0 spiro atoms. The minimum absolute atomic E-state index is 0.0176. The molecule has 0 aromatic carbocycles. The van der Waals surface area contributed by atoms with Crippen molar-refractivity contribution in [2.45, 2.75) is 219 Å². The predicted molar refractivity (Wildman–Crippen MR) is 306 cm³/mol. The van der Waals surface area contributed by atoms with E-state index < -0.39 is 6.10 Å². The van der Waals surface area contributed by atoms with E-state index in [1.807, 2.05) is 0 Å². The summed E-state index contributed by atoms with van der Waals surface area (Å²) in [7, 11) is 0. The van der Waals surface area contributed by atoms with Crippen LogP contribution in [-0.2, 0) is 23.8 Å². The summed E-state index contributed by atoms with van der Waals surface area (Å²) in [5.41, 5.74) is 0. The van der Waals surface area contributed by atoms with Crippen LogP contribution >= 0.6 is 0 Å². The van der Waals surface area contributed by atoms with Crippen molar-refractivity contribution in [2.24, 2.45) is 0 Å². The van der Waals surface area contributed by atoms with E-state index in [2.05, 4.69) is 179 Å². The largest absolute Gasteiger partial charge is 0.462 e. The highest BCUT2D eigenvalue weighted by molar-refractivity contribution is 5.70. The Morgan fingerprint density at radius 3 is 1.03 bits per heavy atom. The summed E-state index contributed by atoms with van der Waals surface area (Å²) in [6, 6.07) is 0. The molecule has 0 aliphatic rings. The van der Waals surface area contributed by atoms with Gasteiger partial charge in [-0.3, -0.25) is 9.59 Å². The smallest absolute Gasteiger partial charge is 0.306 e. The van der Waals surface area contributed by atoms with Crippen molar-refractivity contribution in [3.63, 3.8) is 0 Å². The van der Waals surface area contributed by atoms with Gasteiger partial charge in [-0.15, -0.1) is 0 Å². The molecule has 0 amide bonds. The van der Waals surface area contributed by atoms with Crippen LogP contribution in [0.3, 0.4) is 0 Å². The number of unbranched alkanes of at least 4 members (excludes halogenated alkanes) is 12. The van der Waals surface area contributed by atoms with Gasteiger partial charge in [0.25, 0.3) is 0 Å². The molecule has 0 bridgehead atoms. The average molecular weight is 964 g/mol. The van der Waals surface area contributed by atoms with Crippen LogP contribution in [0.2, 0.25) is 0 Å². The lowest BCUT2D eigenvalue weighted by molar-refractivity contribution is -0.162. The van der Waals surface area contributed by atoms with E-state index in [1.165, 1.54) is 57.8 Å². The molecular weight excluding hydrogens is 861 g/mol. The van der Waals surface area contributed by atoms with Gasteiger partial charge in [0.15, 0.2) is 6.10 Å². The van der Waals surface area contributed by atoms with Crippen molar-refractivity contribution in [1.29, 1.82) is 0 Å². The van der Waals surface area contributed by atoms with Crippen LogP contribution in [0.15, 0.2) is 158 Å². The number of hydrogen-bond donors (Lipinski definition) is 0. The Labute approximate surface area is 431 Å². The van der Waals surface area contributed by atoms with Gasteiger partial charge >= 0.3 is 11.9 Å². The summed E-state index contributed by atoms with van der Waals surface area (Å²) in [6.45, 7) is 7.41. The zero-order valence-corrected chi connectivity index (χ0v) is 45.0. The first kappa shape index (κ1) is 65.5. The van der Waals surface area contributed by atoms with Crippen molar-refractivity contribution in [1.82, 2.24) is 0 Å². The molecule has 0 N–H and O–H groups in total. The lowest BCUT2D eigenvalue weighted by Gasteiger charge is -2.18. The fraction of sp³-hybridized carbons (Fsp3) is 0.569. The highest BCUT2D eigenvalue weighted by atomic mass is 16.6. The van der Waals surface area contributed by atoms with Gasteiger partial charge in [-0.25, -0.2) is 0 Å². The molecule has 0 aromatic heterocycles. The number of hydrogen-bond acceptors (Lipinski definition) is 5. The molecule has 0 radical (unpaired) electrons. The van der Waals surface area contributed by atoms with Crippen LogP contribution in [0, 0.1) is 0 Å². The molecule has 0 heterocycles. The van der Waals surface area contributed by atoms with Gasteiger partial charge in [-0.05, 0) is 135 Å². The monoisotopic (exact) mass is 963 g/mol. The summed E-state index contributed by atoms with van der Waals surface area (Å²) < 4.78 is 17.3. The van der Waals surface area contributed by atoms with Crippen molar-refractivity contribution < 1.29 is 23.8 Å². The molecule has 5 nitrogen and oxygen atoms in total. The first-order chi connectivity index (χ1) is 34.6. The fourth-order valence-corrected chi connectivity index (χ4v) is 6.94. The standard InChI is InChI=1S/C65H102O5/c1-4-7-10-13-16-19-22-25-28-31-32-33-36-39-42-45-48-51-54-57-60-68-61-63(70-65(67)59-56-53-50-47-44-41-38-35-30-27-24-21-18-15-12-9-6-3)62-69-64(66)58-55-52-49-46-43-40-37-34-29-26-23-20-17-14-11-8-5-2/h8-9,11-12,16-21,25-30,32-33,37-38,40-41,46-47,49-50,63H,4-7,10,13-15,22-24,31,34-36,39,42-45,48,51-62H2,1-3H3/b11-8-,12-9-,19-16-,20-17-,21-18-,28-25-,29-26-,30-27-,33-32-,40-37-,41-38-,49-46-,50-47-. The molecular formula is C65H102O5. The summed E-state index contributed by atoms with van der Waals surface area (Å²) in [6.07, 6.45) is 87.0. The normalized spacial score (nSPS) is 13.5. The zero-order chi connectivity index (χ0) is 50.6. The fourth-order valence-electron chi connectivity index (χ4n) is 6.94. The van der Waals surface area contributed by atoms with Crippen LogP contribution in [0.4, 0.5) is 0 Å². The van der Waals surface area contributed by atoms with Gasteiger partial charge in [0.1, 0.15) is 6.61 Å². The number of esters is 2. The van der Waals surface area contributed by atoms with Crippen LogP contribution in [0.25, 0.3) is 0 Å². The number of allylic oxidation sites excluding steroid dienone is 26. The molecule has 0 aliphatic carbocycles. The summed E-state index contributed by atoms with van der Waals surface area (Å²) in [5.74, 6) is -0.550. The van der Waals surface area contributed by atoms with Crippen LogP contribution in [0.1, 0.15) is 213 Å². The Bertz CT molecular complexity index is 1560. The molecule has 5 heteroatoms. The van der Waals surface area contributed by atoms with Gasteiger partial charge in [-0.2, -0.15) is 0 Å². The third-order valence-electron chi connectivity index (χ3n) is 11.0. The van der Waals surface area contributed by atoms with Gasteiger partial charge in [-0.1, -0.05) is 224 Å². The van der Waals surface area contributed by atoms with Crippen molar-refractivity contribution in [2.75, 3.05) is 19.8 Å². The molecule has 1 atom stereocenters. The number of rotatable bonds is 49. The second kappa shape index (κ2) is 58.8. The average Bonchev–Trinajstić information content (AvgIpc) is 3.36. The van der Waals surface area contributed by atoms with Crippen LogP contribution < -0.4 is 0 Å².